The minimum absolute atomic E-state index is 0.0312. The van der Waals surface area contributed by atoms with Crippen LogP contribution in [-0.4, -0.2) is 9.97 Å². The molecule has 0 fully saturated rings. The summed E-state index contributed by atoms with van der Waals surface area (Å²) in [6.07, 6.45) is -8.14. The van der Waals surface area contributed by atoms with Crippen LogP contribution in [0.15, 0.2) is 77.2 Å². The van der Waals surface area contributed by atoms with E-state index in [0.717, 1.165) is 0 Å². The summed E-state index contributed by atoms with van der Waals surface area (Å²) < 4.78 is 74.0. The summed E-state index contributed by atoms with van der Waals surface area (Å²) in [5, 5.41) is 1.32. The molecule has 0 bridgehead atoms. The van der Waals surface area contributed by atoms with E-state index in [9.17, 15) is 0 Å². The van der Waals surface area contributed by atoms with Crippen LogP contribution in [0.25, 0.3) is 33.3 Å². The van der Waals surface area contributed by atoms with E-state index < -0.39 is 25.5 Å². The van der Waals surface area contributed by atoms with E-state index in [1.807, 2.05) is 12.1 Å². The van der Waals surface area contributed by atoms with Crippen LogP contribution < -0.4 is 0 Å². The summed E-state index contributed by atoms with van der Waals surface area (Å²) in [6.45, 7) is 0. The number of para-hydroxylation sites is 1. The zero-order valence-corrected chi connectivity index (χ0v) is 16.6. The Balaban J connectivity index is 1.48. The van der Waals surface area contributed by atoms with Crippen LogP contribution in [0, 0.1) is 0 Å². The van der Waals surface area contributed by atoms with E-state index in [1.165, 1.54) is 6.07 Å². The number of nitrogens with zero attached hydrogens (tertiary/aromatic N) is 2. The normalized spacial score (nSPS) is 21.5. The third-order valence-corrected chi connectivity index (χ3v) is 5.38. The number of furan rings is 1. The van der Waals surface area contributed by atoms with Gasteiger partial charge in [0.15, 0.2) is 0 Å². The van der Waals surface area contributed by atoms with E-state index in [0.29, 0.717) is 27.6 Å². The third kappa shape index (κ3) is 3.40. The van der Waals surface area contributed by atoms with Crippen molar-refractivity contribution in [3.63, 3.8) is 0 Å². The van der Waals surface area contributed by atoms with Crippen LogP contribution in [0.5, 0.6) is 0 Å². The lowest BCUT2D eigenvalue weighted by molar-refractivity contribution is 0.650. The van der Waals surface area contributed by atoms with Crippen LogP contribution in [0.3, 0.4) is 0 Å². The van der Waals surface area contributed by atoms with Gasteiger partial charge in [-0.05, 0) is 73.7 Å². The highest BCUT2D eigenvalue weighted by molar-refractivity contribution is 6.08. The molecule has 1 aliphatic carbocycles. The Morgan fingerprint density at radius 3 is 2.65 bits per heavy atom. The molecule has 31 heavy (non-hydrogen) atoms. The van der Waals surface area contributed by atoms with E-state index in [-0.39, 0.29) is 41.1 Å². The number of pyridine rings is 2. The number of fused-ring (bicyclic) bond motifs is 4. The Morgan fingerprint density at radius 2 is 1.71 bits per heavy atom. The van der Waals surface area contributed by atoms with Gasteiger partial charge in [-0.2, -0.15) is 0 Å². The fraction of sp³-hybridized carbons (Fsp3) is 0.214. The number of aryl methyl sites for hydroxylation is 4. The first kappa shape index (κ1) is 11.8. The van der Waals surface area contributed by atoms with Crippen LogP contribution in [0.1, 0.15) is 46.3 Å². The molecule has 0 saturated carbocycles. The monoisotopic (exact) mass is 412 g/mol. The summed E-state index contributed by atoms with van der Waals surface area (Å²) in [5.41, 5.74) is 2.00. The quantitative estimate of drug-likeness (QED) is 0.329. The van der Waals surface area contributed by atoms with Gasteiger partial charge in [0.05, 0.1) is 5.69 Å². The summed E-state index contributed by atoms with van der Waals surface area (Å²) in [4.78, 5) is 8.98. The largest absolute Gasteiger partial charge is 0.437 e. The van der Waals surface area contributed by atoms with E-state index in [4.69, 9.17) is 15.4 Å². The van der Waals surface area contributed by atoms with Crippen molar-refractivity contribution in [3.8, 4) is 11.3 Å². The zero-order valence-electron chi connectivity index (χ0n) is 24.6. The maximum atomic E-state index is 8.66. The average molecular weight is 413 g/mol. The Bertz CT molecular complexity index is 1730. The van der Waals surface area contributed by atoms with Crippen molar-refractivity contribution in [2.24, 2.45) is 0 Å². The molecule has 0 spiro atoms. The van der Waals surface area contributed by atoms with Crippen molar-refractivity contribution in [2.45, 2.75) is 38.3 Å². The first-order valence-electron chi connectivity index (χ1n) is 14.2. The van der Waals surface area contributed by atoms with Gasteiger partial charge in [-0.3, -0.25) is 4.98 Å². The van der Waals surface area contributed by atoms with Gasteiger partial charge in [0.25, 0.3) is 0 Å². The fourth-order valence-corrected chi connectivity index (χ4v) is 3.87. The second-order valence-corrected chi connectivity index (χ2v) is 7.40. The molecule has 1 aliphatic rings. The highest BCUT2D eigenvalue weighted by Gasteiger charge is 2.16. The summed E-state index contributed by atoms with van der Waals surface area (Å²) >= 11 is 0. The van der Waals surface area contributed by atoms with Crippen LogP contribution >= 0.6 is 0 Å². The van der Waals surface area contributed by atoms with Gasteiger partial charge in [0, 0.05) is 38.7 Å². The second-order valence-electron chi connectivity index (χ2n) is 7.40. The second kappa shape index (κ2) is 7.66. The summed E-state index contributed by atoms with van der Waals surface area (Å²) in [6, 6.07) is 20.0. The van der Waals surface area contributed by atoms with Crippen molar-refractivity contribution < 1.29 is 15.4 Å². The molecule has 0 atom stereocenters. The van der Waals surface area contributed by atoms with Crippen molar-refractivity contribution in [3.05, 3.63) is 95.3 Å². The molecule has 3 nitrogen and oxygen atoms in total. The van der Waals surface area contributed by atoms with Crippen molar-refractivity contribution in [1.29, 1.82) is 0 Å². The molecular formula is C28H24N2O. The highest BCUT2D eigenvalue weighted by atomic mass is 16.3. The lowest BCUT2D eigenvalue weighted by Crippen LogP contribution is -2.05. The Morgan fingerprint density at radius 1 is 0.806 bits per heavy atom. The summed E-state index contributed by atoms with van der Waals surface area (Å²) in [5.74, 6) is 0. The molecule has 0 aliphatic heterocycles. The van der Waals surface area contributed by atoms with E-state index in [1.54, 1.807) is 54.6 Å². The Hall–Kier alpha value is -3.46. The van der Waals surface area contributed by atoms with Crippen LogP contribution in [-0.2, 0) is 25.5 Å². The molecule has 3 heteroatoms. The van der Waals surface area contributed by atoms with Gasteiger partial charge >= 0.3 is 0 Å². The third-order valence-electron chi connectivity index (χ3n) is 5.38. The number of rotatable bonds is 4. The molecule has 2 aromatic carbocycles. The number of hydrogen-bond donors (Lipinski definition) is 0. The predicted octanol–water partition coefficient (Wildman–Crippen LogP) is 6.71. The van der Waals surface area contributed by atoms with Crippen LogP contribution in [0.2, 0.25) is 0 Å². The highest BCUT2D eigenvalue weighted by Crippen LogP contribution is 2.35. The maximum Gasteiger partial charge on any atom is 0.227 e. The predicted molar refractivity (Wildman–Crippen MR) is 125 cm³/mol. The first-order chi connectivity index (χ1) is 18.3. The molecular weight excluding hydrogens is 380 g/mol. The van der Waals surface area contributed by atoms with Gasteiger partial charge in [-0.1, -0.05) is 48.5 Å². The first-order valence-corrected chi connectivity index (χ1v) is 10.2. The number of benzene rings is 2. The van der Waals surface area contributed by atoms with E-state index in [2.05, 4.69) is 9.97 Å². The van der Waals surface area contributed by atoms with Crippen molar-refractivity contribution in [2.75, 3.05) is 0 Å². The zero-order chi connectivity index (χ0) is 27.8. The van der Waals surface area contributed by atoms with Crippen LogP contribution in [0.4, 0.5) is 0 Å². The van der Waals surface area contributed by atoms with Gasteiger partial charge in [-0.15, -0.1) is 0 Å². The Labute approximate surface area is 193 Å². The Kier molecular flexibility index (Phi) is 2.92. The molecule has 0 amide bonds. The standard InChI is InChI=1S/C28H24N2O/c1-2-7-19(8-3-1)13-15-21-16-17-23-22-10-6-11-24(27(22)31-28(23)29-21)26-18-14-20-9-4-5-12-25(20)30-26/h1-3,6-8,10-11,14,16-18H,4-5,9,12-13,15H2/i9D2,12D2,13D2,15D2. The van der Waals surface area contributed by atoms with Crippen molar-refractivity contribution >= 4 is 22.1 Å². The topological polar surface area (TPSA) is 38.9 Å². The van der Waals surface area contributed by atoms with Gasteiger partial charge in [0.1, 0.15) is 5.58 Å². The molecule has 5 aromatic rings. The minimum Gasteiger partial charge on any atom is -0.437 e. The lowest BCUT2D eigenvalue weighted by Gasteiger charge is -2.15. The molecule has 152 valence electrons. The average Bonchev–Trinajstić information content (AvgIpc) is 3.30. The molecule has 3 aromatic heterocycles. The minimum atomic E-state index is -2.46. The molecule has 0 radical (unpaired) electrons. The molecule has 3 heterocycles. The molecule has 0 saturated heterocycles. The van der Waals surface area contributed by atoms with Crippen molar-refractivity contribution in [1.82, 2.24) is 9.97 Å². The van der Waals surface area contributed by atoms with E-state index >= 15 is 0 Å². The SMILES string of the molecule is [2H]C1([2H])CCC([2H])([2H])c2nc(-c3cccc4c3oc3nc(C([2H])([2H])C([2H])([2H])c5ccccc5)ccc34)ccc21. The molecule has 6 rings (SSSR count). The number of hydrogen-bond acceptors (Lipinski definition) is 3. The lowest BCUT2D eigenvalue weighted by atomic mass is 9.95. The van der Waals surface area contributed by atoms with Gasteiger partial charge in [-0.25, -0.2) is 4.98 Å². The van der Waals surface area contributed by atoms with Gasteiger partial charge in [0.2, 0.25) is 5.71 Å². The molecule has 0 N–H and O–H groups in total. The smallest absolute Gasteiger partial charge is 0.227 e. The fourth-order valence-electron chi connectivity index (χ4n) is 3.87. The maximum absolute atomic E-state index is 8.66. The number of aromatic nitrogens is 2. The summed E-state index contributed by atoms with van der Waals surface area (Å²) in [7, 11) is 0. The van der Waals surface area contributed by atoms with Gasteiger partial charge < -0.3 is 4.42 Å². The molecule has 0 unspecified atom stereocenters.